The van der Waals surface area contributed by atoms with E-state index in [1.807, 2.05) is 11.3 Å². The lowest BCUT2D eigenvalue weighted by Gasteiger charge is -2.16. The van der Waals surface area contributed by atoms with E-state index in [0.717, 1.165) is 12.8 Å². The van der Waals surface area contributed by atoms with Crippen molar-refractivity contribution in [1.82, 2.24) is 0 Å². The Bertz CT molecular complexity index is 281. The van der Waals surface area contributed by atoms with Gasteiger partial charge in [0.15, 0.2) is 0 Å². The smallest absolute Gasteiger partial charge is 0.0471 e. The molecule has 15 heavy (non-hydrogen) atoms. The van der Waals surface area contributed by atoms with E-state index >= 15 is 0 Å². The average Bonchev–Trinajstić information content (AvgIpc) is 2.74. The first kappa shape index (κ1) is 12.7. The van der Waals surface area contributed by atoms with Gasteiger partial charge in [-0.05, 0) is 43.4 Å². The lowest BCUT2D eigenvalue weighted by Crippen LogP contribution is -2.19. The standard InChI is InChI=1S/C12H21NOS/c1-3-11-4-5-12(15-11)9(2)6-10(7-13)8-14/h4-5,9-10,14H,3,6-8,13H2,1-2H3. The van der Waals surface area contributed by atoms with Crippen molar-refractivity contribution >= 4 is 11.3 Å². The van der Waals surface area contributed by atoms with Crippen LogP contribution in [0.3, 0.4) is 0 Å². The third-order valence-corrected chi connectivity index (χ3v) is 4.26. The summed E-state index contributed by atoms with van der Waals surface area (Å²) in [6.07, 6.45) is 2.09. The molecule has 2 unspecified atom stereocenters. The number of rotatable bonds is 6. The molecule has 1 rings (SSSR count). The number of thiophene rings is 1. The molecular weight excluding hydrogens is 206 g/mol. The van der Waals surface area contributed by atoms with Gasteiger partial charge in [0.1, 0.15) is 0 Å². The summed E-state index contributed by atoms with van der Waals surface area (Å²) in [6, 6.07) is 4.41. The summed E-state index contributed by atoms with van der Waals surface area (Å²) >= 11 is 1.88. The zero-order chi connectivity index (χ0) is 11.3. The normalized spacial score (nSPS) is 15.2. The second kappa shape index (κ2) is 6.26. The number of nitrogens with two attached hydrogens (primary N) is 1. The Kier molecular flexibility index (Phi) is 5.29. The maximum Gasteiger partial charge on any atom is 0.0471 e. The molecule has 0 aliphatic rings. The maximum absolute atomic E-state index is 9.10. The monoisotopic (exact) mass is 227 g/mol. The molecule has 0 saturated carbocycles. The van der Waals surface area contributed by atoms with Crippen molar-refractivity contribution in [3.05, 3.63) is 21.9 Å². The van der Waals surface area contributed by atoms with E-state index in [4.69, 9.17) is 10.8 Å². The minimum atomic E-state index is 0.201. The number of aliphatic hydroxyl groups excluding tert-OH is 1. The van der Waals surface area contributed by atoms with E-state index in [9.17, 15) is 0 Å². The molecule has 0 bridgehead atoms. The minimum Gasteiger partial charge on any atom is -0.396 e. The van der Waals surface area contributed by atoms with Crippen LogP contribution in [0.25, 0.3) is 0 Å². The van der Waals surface area contributed by atoms with Crippen LogP contribution >= 0.6 is 11.3 Å². The van der Waals surface area contributed by atoms with Gasteiger partial charge in [-0.2, -0.15) is 0 Å². The molecule has 1 heterocycles. The van der Waals surface area contributed by atoms with Crippen LogP contribution in [-0.4, -0.2) is 18.3 Å². The van der Waals surface area contributed by atoms with Gasteiger partial charge in [0.05, 0.1) is 0 Å². The number of aryl methyl sites for hydroxylation is 1. The van der Waals surface area contributed by atoms with Crippen LogP contribution in [0, 0.1) is 5.92 Å². The molecule has 0 radical (unpaired) electrons. The topological polar surface area (TPSA) is 46.2 Å². The van der Waals surface area contributed by atoms with Crippen molar-refractivity contribution < 1.29 is 5.11 Å². The second-order valence-electron chi connectivity index (χ2n) is 4.08. The minimum absolute atomic E-state index is 0.201. The highest BCUT2D eigenvalue weighted by molar-refractivity contribution is 7.12. The van der Waals surface area contributed by atoms with Crippen LogP contribution < -0.4 is 5.73 Å². The summed E-state index contributed by atoms with van der Waals surface area (Å²) in [5.74, 6) is 0.753. The number of hydrogen-bond acceptors (Lipinski definition) is 3. The van der Waals surface area contributed by atoms with Crippen molar-refractivity contribution in [1.29, 1.82) is 0 Å². The molecule has 86 valence electrons. The zero-order valence-electron chi connectivity index (χ0n) is 9.57. The Balaban J connectivity index is 2.55. The van der Waals surface area contributed by atoms with Gasteiger partial charge in [-0.3, -0.25) is 0 Å². The highest BCUT2D eigenvalue weighted by atomic mass is 32.1. The van der Waals surface area contributed by atoms with Gasteiger partial charge in [-0.15, -0.1) is 11.3 Å². The lowest BCUT2D eigenvalue weighted by atomic mass is 9.95. The molecule has 1 aromatic rings. The quantitative estimate of drug-likeness (QED) is 0.783. The largest absolute Gasteiger partial charge is 0.396 e. The summed E-state index contributed by atoms with van der Waals surface area (Å²) in [5, 5.41) is 9.10. The van der Waals surface area contributed by atoms with E-state index in [-0.39, 0.29) is 12.5 Å². The Morgan fingerprint density at radius 1 is 1.47 bits per heavy atom. The van der Waals surface area contributed by atoms with Crippen molar-refractivity contribution in [2.75, 3.05) is 13.2 Å². The van der Waals surface area contributed by atoms with Crippen molar-refractivity contribution in [2.24, 2.45) is 11.7 Å². The van der Waals surface area contributed by atoms with Crippen molar-refractivity contribution in [3.63, 3.8) is 0 Å². The van der Waals surface area contributed by atoms with Crippen LogP contribution in [0.4, 0.5) is 0 Å². The third kappa shape index (κ3) is 3.59. The van der Waals surface area contributed by atoms with E-state index in [1.165, 1.54) is 9.75 Å². The first-order chi connectivity index (χ1) is 7.21. The Morgan fingerprint density at radius 3 is 2.67 bits per heavy atom. The van der Waals surface area contributed by atoms with E-state index in [2.05, 4.69) is 26.0 Å². The SMILES string of the molecule is CCc1ccc(C(C)CC(CN)CO)s1. The van der Waals surface area contributed by atoms with E-state index < -0.39 is 0 Å². The molecule has 0 saturated heterocycles. The van der Waals surface area contributed by atoms with Crippen LogP contribution in [0.15, 0.2) is 12.1 Å². The summed E-state index contributed by atoms with van der Waals surface area (Å²) in [7, 11) is 0. The van der Waals surface area contributed by atoms with Gasteiger partial charge >= 0.3 is 0 Å². The van der Waals surface area contributed by atoms with Crippen LogP contribution in [0.5, 0.6) is 0 Å². The fraction of sp³-hybridized carbons (Fsp3) is 0.667. The molecule has 3 N–H and O–H groups in total. The molecule has 3 heteroatoms. The van der Waals surface area contributed by atoms with Gasteiger partial charge in [0, 0.05) is 16.4 Å². The average molecular weight is 227 g/mol. The van der Waals surface area contributed by atoms with E-state index in [1.54, 1.807) is 0 Å². The maximum atomic E-state index is 9.10. The predicted molar refractivity (Wildman–Crippen MR) is 66.4 cm³/mol. The summed E-state index contributed by atoms with van der Waals surface area (Å²) in [6.45, 7) is 5.17. The highest BCUT2D eigenvalue weighted by Gasteiger charge is 2.14. The number of aliphatic hydroxyl groups is 1. The van der Waals surface area contributed by atoms with Gasteiger partial charge in [-0.25, -0.2) is 0 Å². The second-order valence-corrected chi connectivity index (χ2v) is 5.28. The summed E-state index contributed by atoms with van der Waals surface area (Å²) in [4.78, 5) is 2.85. The molecule has 0 aliphatic heterocycles. The Morgan fingerprint density at radius 2 is 2.20 bits per heavy atom. The van der Waals surface area contributed by atoms with Crippen molar-refractivity contribution in [2.45, 2.75) is 32.6 Å². The molecule has 0 aliphatic carbocycles. The predicted octanol–water partition coefficient (Wildman–Crippen LogP) is 2.37. The highest BCUT2D eigenvalue weighted by Crippen LogP contribution is 2.29. The van der Waals surface area contributed by atoms with E-state index in [0.29, 0.717) is 12.5 Å². The number of hydrogen-bond donors (Lipinski definition) is 2. The molecule has 1 aromatic heterocycles. The molecule has 0 spiro atoms. The first-order valence-corrected chi connectivity index (χ1v) is 6.42. The summed E-state index contributed by atoms with van der Waals surface area (Å²) < 4.78 is 0. The molecule has 0 aromatic carbocycles. The Hall–Kier alpha value is -0.380. The molecule has 0 fully saturated rings. The molecule has 0 amide bonds. The molecular formula is C12H21NOS. The zero-order valence-corrected chi connectivity index (χ0v) is 10.4. The third-order valence-electron chi connectivity index (χ3n) is 2.80. The Labute approximate surface area is 96.1 Å². The lowest BCUT2D eigenvalue weighted by molar-refractivity contribution is 0.217. The summed E-state index contributed by atoms with van der Waals surface area (Å²) in [5.41, 5.74) is 5.58. The fourth-order valence-corrected chi connectivity index (χ4v) is 2.73. The molecule has 2 nitrogen and oxygen atoms in total. The van der Waals surface area contributed by atoms with Crippen LogP contribution in [-0.2, 0) is 6.42 Å². The van der Waals surface area contributed by atoms with Crippen molar-refractivity contribution in [3.8, 4) is 0 Å². The van der Waals surface area contributed by atoms with Gasteiger partial charge < -0.3 is 10.8 Å². The van der Waals surface area contributed by atoms with Crippen LogP contribution in [0.2, 0.25) is 0 Å². The van der Waals surface area contributed by atoms with Gasteiger partial charge in [0.2, 0.25) is 0 Å². The fourth-order valence-electron chi connectivity index (χ4n) is 1.71. The van der Waals surface area contributed by atoms with Crippen LogP contribution in [0.1, 0.15) is 35.9 Å². The molecule has 2 atom stereocenters. The first-order valence-electron chi connectivity index (χ1n) is 5.60. The van der Waals surface area contributed by atoms with Gasteiger partial charge in [-0.1, -0.05) is 13.8 Å². The van der Waals surface area contributed by atoms with Gasteiger partial charge in [0.25, 0.3) is 0 Å².